The molecule has 194 valence electrons. The summed E-state index contributed by atoms with van der Waals surface area (Å²) in [5.41, 5.74) is 0.906. The van der Waals surface area contributed by atoms with Crippen molar-refractivity contribution in [2.24, 2.45) is 5.92 Å². The van der Waals surface area contributed by atoms with Gasteiger partial charge in [0.05, 0.1) is 19.0 Å². The molecular formula is C30H46N2O3. The molecule has 2 rings (SSSR count). The Morgan fingerprint density at radius 2 is 1.43 bits per heavy atom. The van der Waals surface area contributed by atoms with Crippen LogP contribution >= 0.6 is 0 Å². The lowest BCUT2D eigenvalue weighted by Crippen LogP contribution is -2.08. The number of esters is 1. The maximum Gasteiger partial charge on any atom is 0.311 e. The van der Waals surface area contributed by atoms with Gasteiger partial charge in [0.1, 0.15) is 5.75 Å². The van der Waals surface area contributed by atoms with Gasteiger partial charge < -0.3 is 9.47 Å². The topological polar surface area (TPSA) is 61.3 Å². The fraction of sp³-hybridized carbons (Fsp3) is 0.633. The molecule has 0 saturated heterocycles. The van der Waals surface area contributed by atoms with Crippen LogP contribution in [0.2, 0.25) is 0 Å². The van der Waals surface area contributed by atoms with Crippen molar-refractivity contribution >= 4 is 5.97 Å². The van der Waals surface area contributed by atoms with Crippen molar-refractivity contribution < 1.29 is 14.3 Å². The molecule has 0 aliphatic rings. The number of hydrogen-bond donors (Lipinski definition) is 0. The highest BCUT2D eigenvalue weighted by molar-refractivity contribution is 5.72. The Morgan fingerprint density at radius 3 is 2.09 bits per heavy atom. The van der Waals surface area contributed by atoms with Crippen molar-refractivity contribution in [1.29, 1.82) is 0 Å². The first kappa shape index (κ1) is 28.8. The molecule has 0 fully saturated rings. The lowest BCUT2D eigenvalue weighted by molar-refractivity contribution is -0.134. The number of aromatic nitrogens is 2. The third kappa shape index (κ3) is 12.7. The first-order chi connectivity index (χ1) is 17.1. The lowest BCUT2D eigenvalue weighted by Gasteiger charge is -2.08. The highest BCUT2D eigenvalue weighted by atomic mass is 16.5. The molecule has 0 amide bonds. The minimum absolute atomic E-state index is 0.220. The van der Waals surface area contributed by atoms with Crippen molar-refractivity contribution in [3.63, 3.8) is 0 Å². The van der Waals surface area contributed by atoms with E-state index in [0.29, 0.717) is 18.0 Å². The smallest absolute Gasteiger partial charge is 0.311 e. The molecule has 1 aromatic carbocycles. The van der Waals surface area contributed by atoms with E-state index in [2.05, 4.69) is 30.7 Å². The summed E-state index contributed by atoms with van der Waals surface area (Å²) in [4.78, 5) is 20.8. The largest absolute Gasteiger partial charge is 0.494 e. The molecule has 2 aromatic rings. The molecule has 0 aliphatic heterocycles. The van der Waals surface area contributed by atoms with E-state index in [1.165, 1.54) is 64.2 Å². The summed E-state index contributed by atoms with van der Waals surface area (Å²) >= 11 is 0. The fourth-order valence-corrected chi connectivity index (χ4v) is 3.97. The number of benzene rings is 1. The average Bonchev–Trinajstić information content (AvgIpc) is 2.88. The summed E-state index contributed by atoms with van der Waals surface area (Å²) in [6.07, 6.45) is 19.5. The Morgan fingerprint density at radius 1 is 0.800 bits per heavy atom. The Labute approximate surface area is 213 Å². The highest BCUT2D eigenvalue weighted by Crippen LogP contribution is 2.21. The first-order valence-corrected chi connectivity index (χ1v) is 13.9. The van der Waals surface area contributed by atoms with Crippen LogP contribution in [0, 0.1) is 5.92 Å². The Bertz CT molecular complexity index is 805. The normalized spacial score (nSPS) is 11.9. The standard InChI is InChI=1S/C30H46N2O3/c1-4-6-7-8-9-10-11-15-22-34-27-20-18-26(19-21-27)30-31-23-28(24-32-30)35-29(33)17-14-12-13-16-25(3)5-2/h18-21,23-25H,4-17,22H2,1-3H3. The minimum atomic E-state index is -0.220. The van der Waals surface area contributed by atoms with Gasteiger partial charge in [-0.3, -0.25) is 4.79 Å². The number of nitrogens with zero attached hydrogens (tertiary/aromatic N) is 2. The molecule has 1 heterocycles. The summed E-state index contributed by atoms with van der Waals surface area (Å²) in [6.45, 7) is 7.50. The van der Waals surface area contributed by atoms with E-state index in [1.807, 2.05) is 24.3 Å². The monoisotopic (exact) mass is 482 g/mol. The van der Waals surface area contributed by atoms with E-state index in [9.17, 15) is 4.79 Å². The van der Waals surface area contributed by atoms with Crippen LogP contribution in [-0.4, -0.2) is 22.5 Å². The van der Waals surface area contributed by atoms with Gasteiger partial charge in [-0.1, -0.05) is 91.4 Å². The third-order valence-electron chi connectivity index (χ3n) is 6.51. The van der Waals surface area contributed by atoms with E-state index in [-0.39, 0.29) is 5.97 Å². The summed E-state index contributed by atoms with van der Waals surface area (Å²) in [5, 5.41) is 0. The maximum absolute atomic E-state index is 12.1. The predicted octanol–water partition coefficient (Wildman–Crippen LogP) is 8.57. The molecule has 0 bridgehead atoms. The molecule has 0 aliphatic carbocycles. The molecule has 5 heteroatoms. The molecule has 0 N–H and O–H groups in total. The van der Waals surface area contributed by atoms with Crippen molar-refractivity contribution in [2.45, 2.75) is 111 Å². The van der Waals surface area contributed by atoms with Crippen molar-refractivity contribution in [2.75, 3.05) is 6.61 Å². The molecule has 0 spiro atoms. The van der Waals surface area contributed by atoms with Crippen LogP contribution in [0.5, 0.6) is 11.5 Å². The maximum atomic E-state index is 12.1. The summed E-state index contributed by atoms with van der Waals surface area (Å²) < 4.78 is 11.3. The van der Waals surface area contributed by atoms with E-state index in [1.54, 1.807) is 12.4 Å². The molecule has 0 saturated carbocycles. The molecule has 35 heavy (non-hydrogen) atoms. The van der Waals surface area contributed by atoms with E-state index < -0.39 is 0 Å². The van der Waals surface area contributed by atoms with Crippen LogP contribution in [-0.2, 0) is 4.79 Å². The summed E-state index contributed by atoms with van der Waals surface area (Å²) in [6, 6.07) is 7.84. The lowest BCUT2D eigenvalue weighted by atomic mass is 10.0. The number of ether oxygens (including phenoxy) is 2. The Balaban J connectivity index is 1.64. The molecular weight excluding hydrogens is 436 g/mol. The van der Waals surface area contributed by atoms with Crippen LogP contribution in [0.4, 0.5) is 0 Å². The molecule has 1 aromatic heterocycles. The minimum Gasteiger partial charge on any atom is -0.494 e. The van der Waals surface area contributed by atoms with Gasteiger partial charge in [-0.2, -0.15) is 0 Å². The SMILES string of the molecule is CCCCCCCCCCOc1ccc(-c2ncc(OC(=O)CCCCCC(C)CC)cn2)cc1. The van der Waals surface area contributed by atoms with E-state index in [4.69, 9.17) is 9.47 Å². The van der Waals surface area contributed by atoms with Crippen LogP contribution in [0.3, 0.4) is 0 Å². The van der Waals surface area contributed by atoms with Crippen LogP contribution in [0.15, 0.2) is 36.7 Å². The summed E-state index contributed by atoms with van der Waals surface area (Å²) in [7, 11) is 0. The number of carbonyl (C=O) groups is 1. The number of carbonyl (C=O) groups excluding carboxylic acids is 1. The van der Waals surface area contributed by atoms with Crippen LogP contribution in [0.1, 0.15) is 111 Å². The van der Waals surface area contributed by atoms with Crippen molar-refractivity contribution in [1.82, 2.24) is 9.97 Å². The molecule has 1 unspecified atom stereocenters. The van der Waals surface area contributed by atoms with Gasteiger partial charge in [-0.05, 0) is 43.0 Å². The highest BCUT2D eigenvalue weighted by Gasteiger charge is 2.08. The quantitative estimate of drug-likeness (QED) is 0.148. The number of unbranched alkanes of at least 4 members (excludes halogenated alkanes) is 9. The van der Waals surface area contributed by atoms with Gasteiger partial charge in [0.2, 0.25) is 0 Å². The zero-order chi connectivity index (χ0) is 25.1. The van der Waals surface area contributed by atoms with E-state index >= 15 is 0 Å². The van der Waals surface area contributed by atoms with Gasteiger partial charge in [0, 0.05) is 12.0 Å². The first-order valence-electron chi connectivity index (χ1n) is 13.9. The second-order valence-electron chi connectivity index (χ2n) is 9.68. The van der Waals surface area contributed by atoms with Gasteiger partial charge in [0.25, 0.3) is 0 Å². The van der Waals surface area contributed by atoms with Gasteiger partial charge in [-0.15, -0.1) is 0 Å². The second-order valence-corrected chi connectivity index (χ2v) is 9.68. The molecule has 5 nitrogen and oxygen atoms in total. The summed E-state index contributed by atoms with van der Waals surface area (Å²) in [5.74, 6) is 2.41. The Kier molecular flexibility index (Phi) is 14.8. The van der Waals surface area contributed by atoms with Crippen LogP contribution in [0.25, 0.3) is 11.4 Å². The number of rotatable bonds is 19. The molecule has 0 radical (unpaired) electrons. The zero-order valence-corrected chi connectivity index (χ0v) is 22.3. The second kappa shape index (κ2) is 17.9. The fourth-order valence-electron chi connectivity index (χ4n) is 3.97. The zero-order valence-electron chi connectivity index (χ0n) is 22.3. The Hall–Kier alpha value is -2.43. The van der Waals surface area contributed by atoms with Gasteiger partial charge >= 0.3 is 5.97 Å². The van der Waals surface area contributed by atoms with Crippen molar-refractivity contribution in [3.05, 3.63) is 36.7 Å². The van der Waals surface area contributed by atoms with Crippen molar-refractivity contribution in [3.8, 4) is 22.9 Å². The van der Waals surface area contributed by atoms with Gasteiger partial charge in [0.15, 0.2) is 11.6 Å². The van der Waals surface area contributed by atoms with E-state index in [0.717, 1.165) is 43.1 Å². The third-order valence-corrected chi connectivity index (χ3v) is 6.51. The number of hydrogen-bond acceptors (Lipinski definition) is 5. The van der Waals surface area contributed by atoms with Crippen LogP contribution < -0.4 is 9.47 Å². The predicted molar refractivity (Wildman–Crippen MR) is 144 cm³/mol. The van der Waals surface area contributed by atoms with Gasteiger partial charge in [-0.25, -0.2) is 9.97 Å². The molecule has 1 atom stereocenters. The average molecular weight is 483 g/mol.